The third kappa shape index (κ3) is 3.05. The van der Waals surface area contributed by atoms with Crippen LogP contribution in [-0.2, 0) is 13.0 Å². The molecule has 1 aromatic rings. The Balaban J connectivity index is 2.18. The van der Waals surface area contributed by atoms with Gasteiger partial charge in [-0.1, -0.05) is 29.8 Å². The summed E-state index contributed by atoms with van der Waals surface area (Å²) in [6.45, 7) is 4.06. The molecule has 1 amide bonds. The molecule has 0 saturated heterocycles. The average molecular weight is 266 g/mol. The van der Waals surface area contributed by atoms with Gasteiger partial charge in [0.2, 0.25) is 0 Å². The molecule has 3 nitrogen and oxygen atoms in total. The average Bonchev–Trinajstić information content (AvgIpc) is 3.13. The number of hydrogen-bond donors (Lipinski definition) is 1. The molecule has 96 valence electrons. The predicted octanol–water partition coefficient (Wildman–Crippen LogP) is 3.71. The lowest BCUT2D eigenvalue weighted by Crippen LogP contribution is -2.31. The monoisotopic (exact) mass is 265 g/mol. The van der Waals surface area contributed by atoms with Gasteiger partial charge in [0.15, 0.2) is 0 Å². The summed E-state index contributed by atoms with van der Waals surface area (Å²) in [5.74, 6) is 0. The largest absolute Gasteiger partial charge is 0.465 e. The van der Waals surface area contributed by atoms with Crippen molar-refractivity contribution in [3.8, 4) is 0 Å². The van der Waals surface area contributed by atoms with Crippen LogP contribution in [0.15, 0.2) is 30.9 Å². The fraction of sp³-hybridized carbons (Fsp3) is 0.357. The zero-order valence-corrected chi connectivity index (χ0v) is 10.9. The van der Waals surface area contributed by atoms with E-state index in [-0.39, 0.29) is 6.04 Å². The van der Waals surface area contributed by atoms with Crippen LogP contribution in [0.1, 0.15) is 24.0 Å². The Hall–Kier alpha value is -1.48. The fourth-order valence-corrected chi connectivity index (χ4v) is 2.14. The molecule has 2 rings (SSSR count). The van der Waals surface area contributed by atoms with Crippen molar-refractivity contribution in [2.24, 2.45) is 0 Å². The number of carbonyl (C=O) groups is 1. The van der Waals surface area contributed by atoms with E-state index in [9.17, 15) is 9.90 Å². The number of hydrogen-bond acceptors (Lipinski definition) is 1. The van der Waals surface area contributed by atoms with E-state index in [0.29, 0.717) is 11.6 Å². The van der Waals surface area contributed by atoms with Gasteiger partial charge in [-0.05, 0) is 36.5 Å². The highest BCUT2D eigenvalue weighted by Gasteiger charge is 2.32. The van der Waals surface area contributed by atoms with E-state index >= 15 is 0 Å². The van der Waals surface area contributed by atoms with Crippen molar-refractivity contribution in [1.82, 2.24) is 4.90 Å². The molecule has 0 atom stereocenters. The molecule has 0 spiro atoms. The van der Waals surface area contributed by atoms with Crippen molar-refractivity contribution < 1.29 is 9.90 Å². The van der Waals surface area contributed by atoms with Gasteiger partial charge in [0.25, 0.3) is 0 Å². The molecule has 0 radical (unpaired) electrons. The van der Waals surface area contributed by atoms with Crippen LogP contribution >= 0.6 is 11.6 Å². The summed E-state index contributed by atoms with van der Waals surface area (Å²) in [5.41, 5.74) is 1.97. The second kappa shape index (κ2) is 5.44. The third-order valence-electron chi connectivity index (χ3n) is 3.06. The molecule has 0 unspecified atom stereocenters. The second-order valence-electron chi connectivity index (χ2n) is 4.56. The van der Waals surface area contributed by atoms with Crippen LogP contribution < -0.4 is 0 Å². The van der Waals surface area contributed by atoms with Gasteiger partial charge in [-0.2, -0.15) is 0 Å². The Morgan fingerprint density at radius 1 is 1.56 bits per heavy atom. The fourth-order valence-electron chi connectivity index (χ4n) is 1.97. The van der Waals surface area contributed by atoms with E-state index in [0.717, 1.165) is 30.4 Å². The Morgan fingerprint density at radius 2 is 2.28 bits per heavy atom. The van der Waals surface area contributed by atoms with Gasteiger partial charge in [0.05, 0.1) is 6.54 Å². The maximum absolute atomic E-state index is 11.2. The lowest BCUT2D eigenvalue weighted by Gasteiger charge is -2.19. The first-order chi connectivity index (χ1) is 8.61. The molecule has 1 N–H and O–H groups in total. The highest BCUT2D eigenvalue weighted by atomic mass is 35.5. The van der Waals surface area contributed by atoms with Gasteiger partial charge >= 0.3 is 6.09 Å². The molecule has 1 aliphatic rings. The summed E-state index contributed by atoms with van der Waals surface area (Å²) in [4.78, 5) is 12.6. The van der Waals surface area contributed by atoms with Gasteiger partial charge in [-0.3, -0.25) is 0 Å². The molecule has 0 heterocycles. The highest BCUT2D eigenvalue weighted by molar-refractivity contribution is 6.31. The minimum absolute atomic E-state index is 0.168. The first-order valence-corrected chi connectivity index (χ1v) is 6.37. The Morgan fingerprint density at radius 3 is 2.83 bits per heavy atom. The van der Waals surface area contributed by atoms with Crippen molar-refractivity contribution in [2.75, 3.05) is 0 Å². The molecule has 1 fully saturated rings. The number of benzene rings is 1. The molecule has 0 aliphatic heterocycles. The van der Waals surface area contributed by atoms with Crippen molar-refractivity contribution in [3.05, 3.63) is 47.0 Å². The smallest absolute Gasteiger partial charge is 0.407 e. The maximum atomic E-state index is 11.2. The van der Waals surface area contributed by atoms with Crippen LogP contribution in [0.5, 0.6) is 0 Å². The van der Waals surface area contributed by atoms with Crippen LogP contribution in [0.25, 0.3) is 0 Å². The van der Waals surface area contributed by atoms with E-state index in [2.05, 4.69) is 6.58 Å². The number of nitrogens with zero attached hydrogens (tertiary/aromatic N) is 1. The van der Waals surface area contributed by atoms with E-state index in [1.807, 2.05) is 24.3 Å². The summed E-state index contributed by atoms with van der Waals surface area (Å²) in [6.07, 6.45) is 3.62. The molecule has 1 saturated carbocycles. The van der Waals surface area contributed by atoms with Crippen LogP contribution in [0.4, 0.5) is 4.79 Å². The molecule has 0 bridgehead atoms. The number of rotatable bonds is 5. The summed E-state index contributed by atoms with van der Waals surface area (Å²) >= 11 is 6.12. The first kappa shape index (κ1) is 13.0. The van der Waals surface area contributed by atoms with Crippen molar-refractivity contribution >= 4 is 17.7 Å². The molecule has 18 heavy (non-hydrogen) atoms. The van der Waals surface area contributed by atoms with Crippen molar-refractivity contribution in [3.63, 3.8) is 0 Å². The van der Waals surface area contributed by atoms with Crippen molar-refractivity contribution in [2.45, 2.75) is 31.8 Å². The van der Waals surface area contributed by atoms with Crippen LogP contribution in [0.2, 0.25) is 5.02 Å². The zero-order valence-electron chi connectivity index (χ0n) is 10.1. The Bertz CT molecular complexity index is 469. The summed E-state index contributed by atoms with van der Waals surface area (Å²) in [5, 5.41) is 9.80. The normalized spacial score (nSPS) is 14.3. The molecule has 1 aliphatic carbocycles. The van der Waals surface area contributed by atoms with Crippen molar-refractivity contribution in [1.29, 1.82) is 0 Å². The van der Waals surface area contributed by atoms with Gasteiger partial charge in [-0.25, -0.2) is 4.79 Å². The number of carboxylic acid groups (broad SMARTS) is 1. The molecular formula is C14H16ClNO2. The molecule has 1 aromatic carbocycles. The second-order valence-corrected chi connectivity index (χ2v) is 4.97. The summed E-state index contributed by atoms with van der Waals surface area (Å²) in [7, 11) is 0. The van der Waals surface area contributed by atoms with Gasteiger partial charge in [-0.15, -0.1) is 6.58 Å². The SMILES string of the molecule is C=CCc1ccc(Cl)c(CN(C(=O)O)C2CC2)c1. The highest BCUT2D eigenvalue weighted by Crippen LogP contribution is 2.30. The van der Waals surface area contributed by atoms with Gasteiger partial charge in [0.1, 0.15) is 0 Å². The quantitative estimate of drug-likeness (QED) is 0.825. The van der Waals surface area contributed by atoms with Crippen LogP contribution in [0.3, 0.4) is 0 Å². The minimum atomic E-state index is -0.873. The minimum Gasteiger partial charge on any atom is -0.465 e. The molecular weight excluding hydrogens is 250 g/mol. The number of amides is 1. The predicted molar refractivity (Wildman–Crippen MR) is 71.9 cm³/mol. The van der Waals surface area contributed by atoms with E-state index in [1.54, 1.807) is 0 Å². The van der Waals surface area contributed by atoms with E-state index < -0.39 is 6.09 Å². The first-order valence-electron chi connectivity index (χ1n) is 5.99. The molecule has 4 heteroatoms. The lowest BCUT2D eigenvalue weighted by molar-refractivity contribution is 0.139. The standard InChI is InChI=1S/C14H16ClNO2/c1-2-3-10-4-7-13(15)11(8-10)9-16(14(17)18)12-5-6-12/h2,4,7-8,12H,1,3,5-6,9H2,(H,17,18). The van der Waals surface area contributed by atoms with Gasteiger partial charge in [0, 0.05) is 11.1 Å². The summed E-state index contributed by atoms with van der Waals surface area (Å²) < 4.78 is 0. The van der Waals surface area contributed by atoms with E-state index in [1.165, 1.54) is 4.90 Å². The topological polar surface area (TPSA) is 40.5 Å². The maximum Gasteiger partial charge on any atom is 0.407 e. The third-order valence-corrected chi connectivity index (χ3v) is 3.43. The Labute approximate surface area is 112 Å². The van der Waals surface area contributed by atoms with Gasteiger partial charge < -0.3 is 10.0 Å². The number of halogens is 1. The molecule has 0 aromatic heterocycles. The Kier molecular flexibility index (Phi) is 3.92. The lowest BCUT2D eigenvalue weighted by atomic mass is 10.1. The van der Waals surface area contributed by atoms with E-state index in [4.69, 9.17) is 11.6 Å². The zero-order chi connectivity index (χ0) is 13.1. The summed E-state index contributed by atoms with van der Waals surface area (Å²) in [6, 6.07) is 5.89. The van der Waals surface area contributed by atoms with Crippen LogP contribution in [0, 0.1) is 0 Å². The van der Waals surface area contributed by atoms with Crippen LogP contribution in [-0.4, -0.2) is 22.1 Å². The number of allylic oxidation sites excluding steroid dienone is 1.